The Kier molecular flexibility index (Phi) is 4.11. The Labute approximate surface area is 126 Å². The predicted octanol–water partition coefficient (Wildman–Crippen LogP) is 2.78. The summed E-state index contributed by atoms with van der Waals surface area (Å²) in [6.45, 7) is 5.09. The summed E-state index contributed by atoms with van der Waals surface area (Å²) in [7, 11) is 0. The molecule has 0 saturated carbocycles. The van der Waals surface area contributed by atoms with Gasteiger partial charge in [-0.2, -0.15) is 0 Å². The van der Waals surface area contributed by atoms with E-state index in [9.17, 15) is 9.59 Å². The van der Waals surface area contributed by atoms with Crippen LogP contribution in [-0.2, 0) is 4.74 Å². The molecule has 0 saturated heterocycles. The van der Waals surface area contributed by atoms with Gasteiger partial charge in [-0.25, -0.2) is 19.6 Å². The van der Waals surface area contributed by atoms with Gasteiger partial charge in [0, 0.05) is 6.20 Å². The van der Waals surface area contributed by atoms with Crippen molar-refractivity contribution in [1.29, 1.82) is 0 Å². The zero-order valence-corrected chi connectivity index (χ0v) is 12.3. The van der Waals surface area contributed by atoms with E-state index in [-0.39, 0.29) is 17.2 Å². The Hall–Kier alpha value is -2.90. The Balaban J connectivity index is 2.32. The van der Waals surface area contributed by atoms with Crippen molar-refractivity contribution in [3.05, 3.63) is 30.4 Å². The SMILES string of the molecule is CC(C)(C)OC(=O)Nc1nc(-c2ccoc2)ncc1C(=O)O. The van der Waals surface area contributed by atoms with E-state index in [4.69, 9.17) is 14.3 Å². The van der Waals surface area contributed by atoms with Gasteiger partial charge < -0.3 is 14.3 Å². The summed E-state index contributed by atoms with van der Waals surface area (Å²) in [5.74, 6) is -1.18. The monoisotopic (exact) mass is 305 g/mol. The van der Waals surface area contributed by atoms with Crippen molar-refractivity contribution in [3.8, 4) is 11.4 Å². The molecule has 0 unspecified atom stereocenters. The van der Waals surface area contributed by atoms with E-state index in [2.05, 4.69) is 15.3 Å². The second-order valence-corrected chi connectivity index (χ2v) is 5.40. The smallest absolute Gasteiger partial charge is 0.413 e. The van der Waals surface area contributed by atoms with Crippen molar-refractivity contribution in [2.45, 2.75) is 26.4 Å². The minimum atomic E-state index is -1.26. The average molecular weight is 305 g/mol. The summed E-state index contributed by atoms with van der Waals surface area (Å²) >= 11 is 0. The number of carbonyl (C=O) groups excluding carboxylic acids is 1. The van der Waals surface area contributed by atoms with E-state index in [1.807, 2.05) is 0 Å². The minimum absolute atomic E-state index is 0.145. The number of ether oxygens (including phenoxy) is 1. The number of aromatic nitrogens is 2. The number of carbonyl (C=O) groups is 2. The van der Waals surface area contributed by atoms with Gasteiger partial charge in [0.2, 0.25) is 0 Å². The predicted molar refractivity (Wildman–Crippen MR) is 76.6 cm³/mol. The summed E-state index contributed by atoms with van der Waals surface area (Å²) in [5.41, 5.74) is -0.393. The molecule has 22 heavy (non-hydrogen) atoms. The Morgan fingerprint density at radius 3 is 2.64 bits per heavy atom. The maximum absolute atomic E-state index is 11.8. The molecule has 0 atom stereocenters. The molecular formula is C14H15N3O5. The van der Waals surface area contributed by atoms with Gasteiger partial charge in [0.15, 0.2) is 11.6 Å². The standard InChI is InChI=1S/C14H15N3O5/c1-14(2,3)22-13(20)17-11-9(12(18)19)6-15-10(16-11)8-4-5-21-7-8/h4-7H,1-3H3,(H,18,19)(H,15,16,17,20). The van der Waals surface area contributed by atoms with Gasteiger partial charge in [0.05, 0.1) is 11.8 Å². The summed E-state index contributed by atoms with van der Waals surface area (Å²) in [6.07, 6.45) is 3.16. The normalized spacial score (nSPS) is 11.0. The summed E-state index contributed by atoms with van der Waals surface area (Å²) in [6, 6.07) is 1.62. The first-order chi connectivity index (χ1) is 10.3. The Bertz CT molecular complexity index is 689. The molecule has 2 aromatic rings. The van der Waals surface area contributed by atoms with Crippen LogP contribution < -0.4 is 5.32 Å². The lowest BCUT2D eigenvalue weighted by Crippen LogP contribution is -2.28. The highest BCUT2D eigenvalue weighted by atomic mass is 16.6. The number of carboxylic acid groups (broad SMARTS) is 1. The van der Waals surface area contributed by atoms with Crippen LogP contribution in [0, 0.1) is 0 Å². The van der Waals surface area contributed by atoms with Crippen LogP contribution in [-0.4, -0.2) is 32.7 Å². The van der Waals surface area contributed by atoms with Crippen LogP contribution in [0.4, 0.5) is 10.6 Å². The molecule has 2 N–H and O–H groups in total. The maximum Gasteiger partial charge on any atom is 0.413 e. The van der Waals surface area contributed by atoms with E-state index in [0.29, 0.717) is 5.56 Å². The molecule has 2 rings (SSSR count). The van der Waals surface area contributed by atoms with Crippen molar-refractivity contribution >= 4 is 17.9 Å². The third-order valence-corrected chi connectivity index (χ3v) is 2.42. The van der Waals surface area contributed by atoms with Gasteiger partial charge in [-0.1, -0.05) is 0 Å². The van der Waals surface area contributed by atoms with Gasteiger partial charge in [0.25, 0.3) is 0 Å². The molecule has 8 heteroatoms. The third-order valence-electron chi connectivity index (χ3n) is 2.42. The molecule has 0 bridgehead atoms. The molecule has 8 nitrogen and oxygen atoms in total. The first-order valence-electron chi connectivity index (χ1n) is 6.39. The van der Waals surface area contributed by atoms with Crippen LogP contribution in [0.25, 0.3) is 11.4 Å². The van der Waals surface area contributed by atoms with E-state index in [1.165, 1.54) is 12.5 Å². The van der Waals surface area contributed by atoms with Crippen LogP contribution in [0.5, 0.6) is 0 Å². The maximum atomic E-state index is 11.8. The Morgan fingerprint density at radius 1 is 1.36 bits per heavy atom. The first-order valence-corrected chi connectivity index (χ1v) is 6.39. The number of furan rings is 1. The number of hydrogen-bond donors (Lipinski definition) is 2. The van der Waals surface area contributed by atoms with E-state index >= 15 is 0 Å². The van der Waals surface area contributed by atoms with E-state index in [1.54, 1.807) is 26.8 Å². The van der Waals surface area contributed by atoms with Crippen LogP contribution in [0.3, 0.4) is 0 Å². The number of amides is 1. The fraction of sp³-hybridized carbons (Fsp3) is 0.286. The van der Waals surface area contributed by atoms with Gasteiger partial charge in [-0.15, -0.1) is 0 Å². The Morgan fingerprint density at radius 2 is 2.09 bits per heavy atom. The molecule has 2 heterocycles. The van der Waals surface area contributed by atoms with E-state index < -0.39 is 17.7 Å². The van der Waals surface area contributed by atoms with Crippen molar-refractivity contribution < 1.29 is 23.8 Å². The highest BCUT2D eigenvalue weighted by molar-refractivity contribution is 5.97. The second kappa shape index (κ2) is 5.84. The molecule has 0 aliphatic rings. The summed E-state index contributed by atoms with van der Waals surface area (Å²) in [5, 5.41) is 11.5. The molecule has 116 valence electrons. The number of nitrogens with one attached hydrogen (secondary N) is 1. The number of aromatic carboxylic acids is 1. The van der Waals surface area contributed by atoms with Crippen molar-refractivity contribution in [2.24, 2.45) is 0 Å². The van der Waals surface area contributed by atoms with Crippen LogP contribution in [0.15, 0.2) is 29.2 Å². The lowest BCUT2D eigenvalue weighted by Gasteiger charge is -2.19. The molecule has 0 aliphatic carbocycles. The zero-order valence-electron chi connectivity index (χ0n) is 12.3. The second-order valence-electron chi connectivity index (χ2n) is 5.40. The fourth-order valence-electron chi connectivity index (χ4n) is 1.56. The number of rotatable bonds is 3. The van der Waals surface area contributed by atoms with Crippen molar-refractivity contribution in [1.82, 2.24) is 9.97 Å². The molecule has 0 fully saturated rings. The van der Waals surface area contributed by atoms with Crippen molar-refractivity contribution in [2.75, 3.05) is 5.32 Å². The molecule has 0 spiro atoms. The van der Waals surface area contributed by atoms with Crippen molar-refractivity contribution in [3.63, 3.8) is 0 Å². The van der Waals surface area contributed by atoms with Crippen LogP contribution in [0.1, 0.15) is 31.1 Å². The van der Waals surface area contributed by atoms with Gasteiger partial charge in [-0.05, 0) is 26.8 Å². The highest BCUT2D eigenvalue weighted by Crippen LogP contribution is 2.20. The zero-order chi connectivity index (χ0) is 16.3. The fourth-order valence-corrected chi connectivity index (χ4v) is 1.56. The number of carboxylic acids is 1. The quantitative estimate of drug-likeness (QED) is 0.895. The molecule has 0 radical (unpaired) electrons. The van der Waals surface area contributed by atoms with E-state index in [0.717, 1.165) is 6.20 Å². The largest absolute Gasteiger partial charge is 0.477 e. The molecule has 1 amide bonds. The number of hydrogen-bond acceptors (Lipinski definition) is 6. The lowest BCUT2D eigenvalue weighted by molar-refractivity contribution is 0.0635. The minimum Gasteiger partial charge on any atom is -0.477 e. The topological polar surface area (TPSA) is 115 Å². The summed E-state index contributed by atoms with van der Waals surface area (Å²) in [4.78, 5) is 31.0. The highest BCUT2D eigenvalue weighted by Gasteiger charge is 2.21. The first kappa shape index (κ1) is 15.5. The molecule has 0 aromatic carbocycles. The third kappa shape index (κ3) is 3.81. The summed E-state index contributed by atoms with van der Waals surface area (Å²) < 4.78 is 10.0. The molecular weight excluding hydrogens is 290 g/mol. The van der Waals surface area contributed by atoms with Crippen LogP contribution >= 0.6 is 0 Å². The van der Waals surface area contributed by atoms with Gasteiger partial charge in [-0.3, -0.25) is 5.32 Å². The van der Waals surface area contributed by atoms with Crippen LogP contribution in [0.2, 0.25) is 0 Å². The average Bonchev–Trinajstić information content (AvgIpc) is 2.89. The molecule has 2 aromatic heterocycles. The lowest BCUT2D eigenvalue weighted by atomic mass is 10.2. The molecule has 0 aliphatic heterocycles. The van der Waals surface area contributed by atoms with Gasteiger partial charge >= 0.3 is 12.1 Å². The van der Waals surface area contributed by atoms with Gasteiger partial charge in [0.1, 0.15) is 17.4 Å². The number of anilines is 1. The number of nitrogens with zero attached hydrogens (tertiary/aromatic N) is 2.